The summed E-state index contributed by atoms with van der Waals surface area (Å²) in [4.78, 5) is 15.7. The van der Waals surface area contributed by atoms with Crippen molar-refractivity contribution < 1.29 is 40.2 Å². The van der Waals surface area contributed by atoms with E-state index in [-0.39, 0.29) is 30.6 Å². The van der Waals surface area contributed by atoms with Gasteiger partial charge in [0.2, 0.25) is 0 Å². The molecule has 1 aromatic heterocycles. The van der Waals surface area contributed by atoms with Crippen molar-refractivity contribution in [3.63, 3.8) is 0 Å². The normalized spacial score (nSPS) is 20.2. The highest BCUT2D eigenvalue weighted by atomic mass is 19.4. The van der Waals surface area contributed by atoms with Gasteiger partial charge in [-0.05, 0) is 48.4 Å². The van der Waals surface area contributed by atoms with Crippen molar-refractivity contribution in [3.05, 3.63) is 86.8 Å². The summed E-state index contributed by atoms with van der Waals surface area (Å²) in [7, 11) is 0. The van der Waals surface area contributed by atoms with Crippen molar-refractivity contribution in [1.82, 2.24) is 20.1 Å². The predicted octanol–water partition coefficient (Wildman–Crippen LogP) is 4.95. The molecule has 4 rings (SSSR count). The molecule has 0 spiro atoms. The lowest BCUT2D eigenvalue weighted by molar-refractivity contribution is -0.231. The second kappa shape index (κ2) is 10.3. The number of nitrogens with one attached hydrogen (secondary N) is 2. The lowest BCUT2D eigenvalue weighted by Gasteiger charge is -2.41. The molecule has 37 heavy (non-hydrogen) atoms. The van der Waals surface area contributed by atoms with Crippen LogP contribution in [0.4, 0.5) is 30.7 Å². The van der Waals surface area contributed by atoms with E-state index in [0.29, 0.717) is 24.2 Å². The van der Waals surface area contributed by atoms with E-state index < -0.39 is 53.4 Å². The van der Waals surface area contributed by atoms with Crippen LogP contribution < -0.4 is 5.69 Å². The number of halogens is 7. The standard InChI is InChI=1S/C23H21F7N4O3/c1-12(14-8-15(22(25,26)27)10-16(9-14)23(28,29)30)37-20-19(13-2-4-17(24)5-3-13)34(6-7-36-20)11-18-31-21(35)33-32-18/h2-5,8-10,12,19-20H,6-7,11H2,1H3,(H2,31,32,33,35)/t12?,19-,20?/m0/s1. The fourth-order valence-corrected chi connectivity index (χ4v) is 4.07. The number of ether oxygens (including phenoxy) is 2. The number of hydrogen-bond donors (Lipinski definition) is 2. The molecule has 7 nitrogen and oxygen atoms in total. The smallest absolute Gasteiger partial charge is 0.349 e. The molecule has 2 aromatic carbocycles. The van der Waals surface area contributed by atoms with Gasteiger partial charge in [0, 0.05) is 6.54 Å². The number of alkyl halides is 6. The quantitative estimate of drug-likeness (QED) is 0.438. The van der Waals surface area contributed by atoms with Crippen LogP contribution in [-0.2, 0) is 28.4 Å². The van der Waals surface area contributed by atoms with Crippen LogP contribution in [-0.4, -0.2) is 39.5 Å². The van der Waals surface area contributed by atoms with E-state index in [2.05, 4.69) is 15.2 Å². The van der Waals surface area contributed by atoms with Crippen molar-refractivity contribution in [2.75, 3.05) is 13.2 Å². The maximum Gasteiger partial charge on any atom is 0.416 e. The van der Waals surface area contributed by atoms with Crippen molar-refractivity contribution in [3.8, 4) is 0 Å². The van der Waals surface area contributed by atoms with Crippen LogP contribution in [0.25, 0.3) is 0 Å². The second-order valence-electron chi connectivity index (χ2n) is 8.45. The fraction of sp³-hybridized carbons (Fsp3) is 0.391. The Morgan fingerprint density at radius 3 is 2.24 bits per heavy atom. The Morgan fingerprint density at radius 1 is 1.08 bits per heavy atom. The number of benzene rings is 2. The first kappa shape index (κ1) is 26.8. The number of H-pyrrole nitrogens is 2. The molecule has 3 aromatic rings. The van der Waals surface area contributed by atoms with Gasteiger partial charge >= 0.3 is 18.0 Å². The molecule has 2 N–H and O–H groups in total. The molecule has 1 saturated heterocycles. The summed E-state index contributed by atoms with van der Waals surface area (Å²) in [6, 6.07) is 5.79. The Kier molecular flexibility index (Phi) is 7.44. The number of morpholine rings is 1. The highest BCUT2D eigenvalue weighted by Gasteiger charge is 2.39. The van der Waals surface area contributed by atoms with Gasteiger partial charge in [-0.3, -0.25) is 9.88 Å². The summed E-state index contributed by atoms with van der Waals surface area (Å²) in [6.07, 6.45) is -12.4. The number of rotatable bonds is 6. The molecule has 0 radical (unpaired) electrons. The SMILES string of the molecule is CC(OC1OCCN(Cc2n[nH]c(=O)[nH]2)[C@H]1c1ccc(F)cc1)c1cc(C(F)(F)F)cc(C(F)(F)F)c1. The van der Waals surface area contributed by atoms with Gasteiger partial charge in [-0.15, -0.1) is 0 Å². The number of hydrogen-bond acceptors (Lipinski definition) is 5. The third kappa shape index (κ3) is 6.37. The molecule has 1 aliphatic rings. The molecular weight excluding hydrogens is 513 g/mol. The minimum absolute atomic E-state index is 0.0427. The Labute approximate surface area is 205 Å². The van der Waals surface area contributed by atoms with Crippen molar-refractivity contribution in [1.29, 1.82) is 0 Å². The van der Waals surface area contributed by atoms with Crippen molar-refractivity contribution >= 4 is 0 Å². The molecule has 1 fully saturated rings. The van der Waals surface area contributed by atoms with E-state index in [0.717, 1.165) is 0 Å². The molecule has 3 atom stereocenters. The molecule has 200 valence electrons. The summed E-state index contributed by atoms with van der Waals surface area (Å²) in [5, 5.41) is 6.10. The van der Waals surface area contributed by atoms with E-state index in [1.54, 1.807) is 4.90 Å². The van der Waals surface area contributed by atoms with E-state index in [1.165, 1.54) is 31.2 Å². The number of nitrogens with zero attached hydrogens (tertiary/aromatic N) is 2. The van der Waals surface area contributed by atoms with Crippen LogP contribution in [0.2, 0.25) is 0 Å². The van der Waals surface area contributed by atoms with Gasteiger partial charge in [0.15, 0.2) is 6.29 Å². The van der Waals surface area contributed by atoms with Crippen LogP contribution in [0.3, 0.4) is 0 Å². The third-order valence-corrected chi connectivity index (χ3v) is 5.84. The minimum Gasteiger partial charge on any atom is -0.349 e. The van der Waals surface area contributed by atoms with Gasteiger partial charge < -0.3 is 9.47 Å². The zero-order valence-corrected chi connectivity index (χ0v) is 19.2. The van der Waals surface area contributed by atoms with Crippen LogP contribution in [0.15, 0.2) is 47.3 Å². The first-order chi connectivity index (χ1) is 17.3. The monoisotopic (exact) mass is 534 g/mol. The van der Waals surface area contributed by atoms with Gasteiger partial charge in [0.25, 0.3) is 0 Å². The minimum atomic E-state index is -5.01. The average Bonchev–Trinajstić information content (AvgIpc) is 3.23. The molecule has 0 amide bonds. The summed E-state index contributed by atoms with van der Waals surface area (Å²) in [5.74, 6) is -0.239. The first-order valence-electron chi connectivity index (χ1n) is 11.0. The fourth-order valence-electron chi connectivity index (χ4n) is 4.07. The molecule has 2 unspecified atom stereocenters. The Bertz CT molecular complexity index is 1240. The van der Waals surface area contributed by atoms with Crippen LogP contribution in [0.5, 0.6) is 0 Å². The number of aromatic nitrogens is 3. The molecule has 14 heteroatoms. The molecule has 0 saturated carbocycles. The summed E-state index contributed by atoms with van der Waals surface area (Å²) in [6.45, 7) is 1.82. The Balaban J connectivity index is 1.66. The van der Waals surface area contributed by atoms with Gasteiger partial charge in [0.05, 0.1) is 36.4 Å². The molecular formula is C23H21F7N4O3. The van der Waals surface area contributed by atoms with Crippen molar-refractivity contribution in [2.45, 2.75) is 44.3 Å². The Morgan fingerprint density at radius 2 is 1.70 bits per heavy atom. The maximum atomic E-state index is 13.6. The van der Waals surface area contributed by atoms with E-state index in [9.17, 15) is 35.5 Å². The highest BCUT2D eigenvalue weighted by molar-refractivity contribution is 5.34. The summed E-state index contributed by atoms with van der Waals surface area (Å²) in [5.41, 5.74) is -3.30. The predicted molar refractivity (Wildman–Crippen MR) is 114 cm³/mol. The second-order valence-corrected chi connectivity index (χ2v) is 8.45. The number of aromatic amines is 2. The van der Waals surface area contributed by atoms with Gasteiger partial charge in [-0.1, -0.05) is 12.1 Å². The average molecular weight is 534 g/mol. The molecule has 1 aliphatic heterocycles. The lowest BCUT2D eigenvalue weighted by Crippen LogP contribution is -2.46. The van der Waals surface area contributed by atoms with Gasteiger partial charge in [-0.25, -0.2) is 14.3 Å². The van der Waals surface area contributed by atoms with Crippen LogP contribution in [0.1, 0.15) is 47.1 Å². The zero-order valence-electron chi connectivity index (χ0n) is 19.2. The topological polar surface area (TPSA) is 83.2 Å². The molecule has 0 aliphatic carbocycles. The molecule has 2 heterocycles. The summed E-state index contributed by atoms with van der Waals surface area (Å²) >= 11 is 0. The highest BCUT2D eigenvalue weighted by Crippen LogP contribution is 2.39. The lowest BCUT2D eigenvalue weighted by atomic mass is 10.0. The largest absolute Gasteiger partial charge is 0.416 e. The third-order valence-electron chi connectivity index (χ3n) is 5.84. The van der Waals surface area contributed by atoms with E-state index in [4.69, 9.17) is 9.47 Å². The Hall–Kier alpha value is -3.23. The maximum absolute atomic E-state index is 13.6. The zero-order chi connectivity index (χ0) is 27.0. The van der Waals surface area contributed by atoms with Crippen LogP contribution >= 0.6 is 0 Å². The first-order valence-corrected chi connectivity index (χ1v) is 11.0. The van der Waals surface area contributed by atoms with Gasteiger partial charge in [0.1, 0.15) is 11.6 Å². The van der Waals surface area contributed by atoms with E-state index in [1.807, 2.05) is 0 Å². The molecule has 0 bridgehead atoms. The van der Waals surface area contributed by atoms with E-state index >= 15 is 0 Å². The van der Waals surface area contributed by atoms with Crippen LogP contribution in [0, 0.1) is 5.82 Å². The van der Waals surface area contributed by atoms with Gasteiger partial charge in [-0.2, -0.15) is 31.4 Å². The summed E-state index contributed by atoms with van der Waals surface area (Å²) < 4.78 is 105. The van der Waals surface area contributed by atoms with Crippen molar-refractivity contribution in [2.24, 2.45) is 0 Å².